The zero-order valence-corrected chi connectivity index (χ0v) is 14.9. The highest BCUT2D eigenvalue weighted by molar-refractivity contribution is 7.07. The zero-order valence-electron chi connectivity index (χ0n) is 14.1. The van der Waals surface area contributed by atoms with Crippen LogP contribution < -0.4 is 15.1 Å². The molecule has 0 radical (unpaired) electrons. The van der Waals surface area contributed by atoms with Gasteiger partial charge in [-0.3, -0.25) is 9.59 Å². The normalized spacial score (nSPS) is 15.9. The number of hydrogen-bond acceptors (Lipinski definition) is 4. The van der Waals surface area contributed by atoms with E-state index in [0.29, 0.717) is 13.0 Å². The van der Waals surface area contributed by atoms with Crippen LogP contribution in [0.3, 0.4) is 0 Å². The number of hydrogen-bond donors (Lipinski definition) is 1. The van der Waals surface area contributed by atoms with Crippen molar-refractivity contribution < 1.29 is 4.79 Å². The Hall–Kier alpha value is -1.92. The number of thiazole rings is 1. The van der Waals surface area contributed by atoms with E-state index in [9.17, 15) is 9.59 Å². The fraction of sp³-hybridized carbons (Fsp3) is 0.444. The average Bonchev–Trinajstić information content (AvgIpc) is 3.14. The van der Waals surface area contributed by atoms with E-state index in [1.807, 2.05) is 29.3 Å². The maximum Gasteiger partial charge on any atom is 0.307 e. The summed E-state index contributed by atoms with van der Waals surface area (Å²) in [4.78, 5) is 25.6. The van der Waals surface area contributed by atoms with E-state index in [-0.39, 0.29) is 16.8 Å². The molecule has 1 N–H and O–H groups in total. The molecule has 2 heterocycles. The summed E-state index contributed by atoms with van der Waals surface area (Å²) in [7, 11) is 0. The number of nitrogens with zero attached hydrogens (tertiary/aromatic N) is 2. The number of carbonyl (C=O) groups excluding carboxylic acids is 1. The Kier molecular flexibility index (Phi) is 5.16. The van der Waals surface area contributed by atoms with E-state index in [1.54, 1.807) is 4.57 Å². The molecule has 0 bridgehead atoms. The van der Waals surface area contributed by atoms with Crippen molar-refractivity contribution >= 4 is 22.9 Å². The molecule has 1 unspecified atom stereocenters. The molecule has 2 aromatic rings. The van der Waals surface area contributed by atoms with Gasteiger partial charge in [-0.25, -0.2) is 0 Å². The van der Waals surface area contributed by atoms with Gasteiger partial charge in [-0.2, -0.15) is 0 Å². The Labute approximate surface area is 145 Å². The number of carbonyl (C=O) groups is 1. The Morgan fingerprint density at radius 3 is 2.83 bits per heavy atom. The van der Waals surface area contributed by atoms with Crippen molar-refractivity contribution in [3.8, 4) is 0 Å². The van der Waals surface area contributed by atoms with Gasteiger partial charge in [0.15, 0.2) is 0 Å². The number of rotatable bonds is 6. The van der Waals surface area contributed by atoms with Gasteiger partial charge in [-0.1, -0.05) is 23.5 Å². The van der Waals surface area contributed by atoms with E-state index < -0.39 is 0 Å². The predicted molar refractivity (Wildman–Crippen MR) is 97.8 cm³/mol. The second-order valence-corrected chi connectivity index (χ2v) is 7.04. The van der Waals surface area contributed by atoms with Crippen molar-refractivity contribution in [2.45, 2.75) is 39.3 Å². The van der Waals surface area contributed by atoms with Crippen LogP contribution in [0.1, 0.15) is 37.1 Å². The van der Waals surface area contributed by atoms with Gasteiger partial charge in [0.2, 0.25) is 5.91 Å². The molecule has 1 atom stereocenters. The molecule has 0 spiro atoms. The third-order valence-corrected chi connectivity index (χ3v) is 5.40. The number of nitrogens with one attached hydrogen (secondary N) is 1. The third-order valence-electron chi connectivity index (χ3n) is 4.52. The molecule has 3 rings (SSSR count). The van der Waals surface area contributed by atoms with E-state index >= 15 is 0 Å². The van der Waals surface area contributed by atoms with Crippen LogP contribution in [0.15, 0.2) is 34.4 Å². The van der Waals surface area contributed by atoms with E-state index in [0.717, 1.165) is 36.5 Å². The second kappa shape index (κ2) is 7.32. The van der Waals surface area contributed by atoms with Crippen LogP contribution in [0, 0.1) is 6.92 Å². The molecule has 0 saturated carbocycles. The number of aryl methyl sites for hydroxylation is 1. The molecule has 1 aromatic heterocycles. The Morgan fingerprint density at radius 1 is 1.33 bits per heavy atom. The summed E-state index contributed by atoms with van der Waals surface area (Å²) < 4.78 is 1.80. The van der Waals surface area contributed by atoms with Gasteiger partial charge in [0.1, 0.15) is 0 Å². The summed E-state index contributed by atoms with van der Waals surface area (Å²) in [6, 6.07) is 8.32. The first-order chi connectivity index (χ1) is 11.6. The Bertz CT molecular complexity index is 781. The molecule has 0 aliphatic carbocycles. The molecule has 1 aliphatic rings. The minimum atomic E-state index is 0.0940. The molecule has 1 aromatic carbocycles. The summed E-state index contributed by atoms with van der Waals surface area (Å²) in [5.74, 6) is 0.208. The number of amides is 1. The van der Waals surface area contributed by atoms with Crippen molar-refractivity contribution in [3.05, 3.63) is 50.6 Å². The summed E-state index contributed by atoms with van der Waals surface area (Å²) in [5, 5.41) is 5.35. The van der Waals surface area contributed by atoms with Crippen LogP contribution in [0.5, 0.6) is 0 Å². The van der Waals surface area contributed by atoms with Crippen LogP contribution in [-0.4, -0.2) is 23.6 Å². The lowest BCUT2D eigenvalue weighted by atomic mass is 10.1. The largest absolute Gasteiger partial charge is 0.312 e. The third kappa shape index (κ3) is 3.60. The summed E-state index contributed by atoms with van der Waals surface area (Å²) in [5.41, 5.74) is 3.14. The van der Waals surface area contributed by atoms with Crippen LogP contribution in [0.25, 0.3) is 0 Å². The molecular weight excluding hydrogens is 322 g/mol. The van der Waals surface area contributed by atoms with Crippen molar-refractivity contribution in [2.75, 3.05) is 18.0 Å². The Morgan fingerprint density at radius 2 is 2.17 bits per heavy atom. The Balaban J connectivity index is 1.62. The standard InChI is InChI=1S/C18H23N3O2S/c1-13-12-24-18(23)20(13)10-8-19-14(2)15-5-3-6-16(11-15)21-9-4-7-17(21)22/h3,5-6,11-12,14,19H,4,7-10H2,1-2H3. The summed E-state index contributed by atoms with van der Waals surface area (Å²) >= 11 is 1.24. The molecule has 1 saturated heterocycles. The summed E-state index contributed by atoms with van der Waals surface area (Å²) in [6.45, 7) is 6.27. The monoisotopic (exact) mass is 345 g/mol. The van der Waals surface area contributed by atoms with Gasteiger partial charge >= 0.3 is 4.87 Å². The number of benzene rings is 1. The quantitative estimate of drug-likeness (QED) is 0.876. The van der Waals surface area contributed by atoms with Gasteiger partial charge in [0, 0.05) is 48.9 Å². The molecule has 1 amide bonds. The molecule has 6 heteroatoms. The van der Waals surface area contributed by atoms with Crippen molar-refractivity contribution in [2.24, 2.45) is 0 Å². The highest BCUT2D eigenvalue weighted by atomic mass is 32.1. The lowest BCUT2D eigenvalue weighted by molar-refractivity contribution is -0.117. The van der Waals surface area contributed by atoms with Crippen LogP contribution in [-0.2, 0) is 11.3 Å². The molecule has 1 fully saturated rings. The predicted octanol–water partition coefficient (Wildman–Crippen LogP) is 2.70. The smallest absolute Gasteiger partial charge is 0.307 e. The highest BCUT2D eigenvalue weighted by Gasteiger charge is 2.22. The fourth-order valence-electron chi connectivity index (χ4n) is 3.07. The number of anilines is 1. The van der Waals surface area contributed by atoms with Crippen molar-refractivity contribution in [1.29, 1.82) is 0 Å². The van der Waals surface area contributed by atoms with Gasteiger partial charge in [0.25, 0.3) is 0 Å². The first kappa shape index (κ1) is 16.9. The maximum absolute atomic E-state index is 11.9. The average molecular weight is 345 g/mol. The van der Waals surface area contributed by atoms with Crippen molar-refractivity contribution in [3.63, 3.8) is 0 Å². The van der Waals surface area contributed by atoms with E-state index in [4.69, 9.17) is 0 Å². The van der Waals surface area contributed by atoms with Crippen molar-refractivity contribution in [1.82, 2.24) is 9.88 Å². The highest BCUT2D eigenvalue weighted by Crippen LogP contribution is 2.24. The SMILES string of the molecule is Cc1csc(=O)n1CCNC(C)c1cccc(N2CCCC2=O)c1. The van der Waals surface area contributed by atoms with Crippen LogP contribution >= 0.6 is 11.3 Å². The minimum Gasteiger partial charge on any atom is -0.312 e. The fourth-order valence-corrected chi connectivity index (χ4v) is 3.83. The molecule has 24 heavy (non-hydrogen) atoms. The maximum atomic E-state index is 11.9. The topological polar surface area (TPSA) is 54.3 Å². The van der Waals surface area contributed by atoms with Crippen LogP contribution in [0.2, 0.25) is 0 Å². The van der Waals surface area contributed by atoms with E-state index in [1.165, 1.54) is 11.3 Å². The minimum absolute atomic E-state index is 0.0940. The first-order valence-corrected chi connectivity index (χ1v) is 9.23. The van der Waals surface area contributed by atoms with E-state index in [2.05, 4.69) is 24.4 Å². The molecule has 1 aliphatic heterocycles. The van der Waals surface area contributed by atoms with Gasteiger partial charge in [0.05, 0.1) is 0 Å². The zero-order chi connectivity index (χ0) is 17.1. The number of aromatic nitrogens is 1. The van der Waals surface area contributed by atoms with Gasteiger partial charge in [-0.15, -0.1) is 0 Å². The molecular formula is C18H23N3O2S. The van der Waals surface area contributed by atoms with Gasteiger partial charge < -0.3 is 14.8 Å². The van der Waals surface area contributed by atoms with Crippen LogP contribution in [0.4, 0.5) is 5.69 Å². The molecule has 5 nitrogen and oxygen atoms in total. The second-order valence-electron chi connectivity index (χ2n) is 6.21. The lowest BCUT2D eigenvalue weighted by Crippen LogP contribution is -2.27. The first-order valence-electron chi connectivity index (χ1n) is 8.35. The molecule has 128 valence electrons. The lowest BCUT2D eigenvalue weighted by Gasteiger charge is -2.19. The van der Waals surface area contributed by atoms with Gasteiger partial charge in [-0.05, 0) is 38.0 Å². The summed E-state index contributed by atoms with van der Waals surface area (Å²) in [6.07, 6.45) is 1.58.